The van der Waals surface area contributed by atoms with E-state index in [1.807, 2.05) is 0 Å². The number of carbonyl (C=O) groups excluding carboxylic acids is 1. The number of nitrogens with one attached hydrogen (secondary N) is 1. The summed E-state index contributed by atoms with van der Waals surface area (Å²) in [6.07, 6.45) is 0. The quantitative estimate of drug-likeness (QED) is 0.748. The van der Waals surface area contributed by atoms with Crippen molar-refractivity contribution in [3.05, 3.63) is 52.0 Å². The first kappa shape index (κ1) is 14.3. The van der Waals surface area contributed by atoms with E-state index in [0.717, 1.165) is 5.56 Å². The van der Waals surface area contributed by atoms with Gasteiger partial charge in [-0.3, -0.25) is 4.79 Å². The van der Waals surface area contributed by atoms with Crippen LogP contribution in [0.1, 0.15) is 16.1 Å². The van der Waals surface area contributed by atoms with Crippen LogP contribution in [0.3, 0.4) is 0 Å². The number of carbonyl (C=O) groups is 1. The zero-order chi connectivity index (χ0) is 14.7. The van der Waals surface area contributed by atoms with Gasteiger partial charge in [0, 0.05) is 6.54 Å². The maximum Gasteiger partial charge on any atom is 0.274 e. The van der Waals surface area contributed by atoms with E-state index < -0.39 is 5.91 Å². The lowest BCUT2D eigenvalue weighted by molar-refractivity contribution is 0.0943. The molecule has 1 amide bonds. The molecule has 2 rings (SSSR count). The van der Waals surface area contributed by atoms with Crippen LogP contribution in [0, 0.1) is 5.82 Å². The van der Waals surface area contributed by atoms with Crippen molar-refractivity contribution < 1.29 is 14.3 Å². The van der Waals surface area contributed by atoms with Crippen molar-refractivity contribution in [3.63, 3.8) is 0 Å². The number of halogens is 2. The number of hydrogen-bond donors (Lipinski definition) is 3. The van der Waals surface area contributed by atoms with Gasteiger partial charge in [0.1, 0.15) is 10.4 Å². The van der Waals surface area contributed by atoms with E-state index in [2.05, 4.69) is 26.2 Å². The smallest absolute Gasteiger partial charge is 0.274 e. The lowest BCUT2D eigenvalue weighted by atomic mass is 10.2. The van der Waals surface area contributed by atoms with Crippen LogP contribution in [-0.4, -0.2) is 16.0 Å². The molecule has 0 saturated heterocycles. The van der Waals surface area contributed by atoms with Crippen LogP contribution in [0.5, 0.6) is 5.75 Å². The zero-order valence-corrected chi connectivity index (χ0v) is 11.8. The summed E-state index contributed by atoms with van der Waals surface area (Å²) in [5, 5.41) is 12.3. The summed E-state index contributed by atoms with van der Waals surface area (Å²) in [6, 6.07) is 7.10. The van der Waals surface area contributed by atoms with Crippen molar-refractivity contribution in [2.45, 2.75) is 6.54 Å². The van der Waals surface area contributed by atoms with Gasteiger partial charge in [-0.25, -0.2) is 9.37 Å². The highest BCUT2D eigenvalue weighted by Crippen LogP contribution is 2.26. The molecule has 4 N–H and O–H groups in total. The normalized spacial score (nSPS) is 10.3. The molecular formula is C13H11BrFN3O2. The molecule has 0 atom stereocenters. The molecule has 0 aliphatic carbocycles. The number of rotatable bonds is 3. The van der Waals surface area contributed by atoms with Gasteiger partial charge in [-0.2, -0.15) is 0 Å². The fourth-order valence-electron chi connectivity index (χ4n) is 1.55. The predicted octanol–water partition coefficient (Wildman–Crippen LogP) is 2.20. The van der Waals surface area contributed by atoms with E-state index in [0.29, 0.717) is 4.60 Å². The Bertz CT molecular complexity index is 647. The topological polar surface area (TPSA) is 88.2 Å². The first-order valence-corrected chi connectivity index (χ1v) is 6.44. The molecule has 1 heterocycles. The second-order valence-electron chi connectivity index (χ2n) is 4.04. The first-order chi connectivity index (χ1) is 9.47. The van der Waals surface area contributed by atoms with Crippen molar-refractivity contribution in [2.24, 2.45) is 0 Å². The number of pyridine rings is 1. The molecule has 0 aliphatic rings. The van der Waals surface area contributed by atoms with E-state index in [9.17, 15) is 14.3 Å². The third-order valence-corrected chi connectivity index (χ3v) is 2.98. The minimum atomic E-state index is -0.570. The fraction of sp³-hybridized carbons (Fsp3) is 0.0769. The molecule has 0 aliphatic heterocycles. The molecular weight excluding hydrogens is 329 g/mol. The number of benzene rings is 1. The summed E-state index contributed by atoms with van der Waals surface area (Å²) in [5.74, 6) is -1.29. The van der Waals surface area contributed by atoms with Gasteiger partial charge in [-0.15, -0.1) is 0 Å². The predicted molar refractivity (Wildman–Crippen MR) is 75.6 cm³/mol. The summed E-state index contributed by atoms with van der Waals surface area (Å²) < 4.78 is 13.1. The molecule has 1 aromatic carbocycles. The second-order valence-corrected chi connectivity index (χ2v) is 4.85. The Labute approximate surface area is 122 Å². The number of nitrogens with two attached hydrogens (primary N) is 1. The Morgan fingerprint density at radius 1 is 1.40 bits per heavy atom. The van der Waals surface area contributed by atoms with Crippen molar-refractivity contribution in [2.75, 3.05) is 5.73 Å². The Kier molecular flexibility index (Phi) is 4.19. The van der Waals surface area contributed by atoms with Crippen LogP contribution in [-0.2, 0) is 6.54 Å². The second kappa shape index (κ2) is 5.87. The Hall–Kier alpha value is -2.15. The van der Waals surface area contributed by atoms with Crippen molar-refractivity contribution in [3.8, 4) is 5.75 Å². The monoisotopic (exact) mass is 339 g/mol. The molecule has 104 valence electrons. The van der Waals surface area contributed by atoms with Gasteiger partial charge in [0.2, 0.25) is 0 Å². The summed E-state index contributed by atoms with van der Waals surface area (Å²) in [7, 11) is 0. The van der Waals surface area contributed by atoms with E-state index in [-0.39, 0.29) is 29.5 Å². The number of amides is 1. The molecule has 0 spiro atoms. The van der Waals surface area contributed by atoms with Gasteiger partial charge < -0.3 is 16.2 Å². The maximum absolute atomic E-state index is 12.7. The summed E-state index contributed by atoms with van der Waals surface area (Å²) in [4.78, 5) is 15.8. The third kappa shape index (κ3) is 3.24. The fourth-order valence-corrected chi connectivity index (χ4v) is 1.98. The SMILES string of the molecule is Nc1cc(Br)nc(C(=O)NCc2ccc(F)cc2)c1O. The standard InChI is InChI=1S/C13H11BrFN3O2/c14-10-5-9(16)12(19)11(18-10)13(20)17-6-7-1-3-8(15)4-2-7/h1-5,19H,6H2,(H2,16,18)(H,17,20). The van der Waals surface area contributed by atoms with Crippen LogP contribution in [0.4, 0.5) is 10.1 Å². The van der Waals surface area contributed by atoms with Crippen molar-refractivity contribution in [1.82, 2.24) is 10.3 Å². The van der Waals surface area contributed by atoms with Crippen molar-refractivity contribution in [1.29, 1.82) is 0 Å². The molecule has 2 aromatic rings. The summed E-state index contributed by atoms with van der Waals surface area (Å²) in [5.41, 5.74) is 6.15. The number of anilines is 1. The number of nitrogens with zero attached hydrogens (tertiary/aromatic N) is 1. The van der Waals surface area contributed by atoms with Crippen LogP contribution in [0.2, 0.25) is 0 Å². The minimum absolute atomic E-state index is 0.0545. The summed E-state index contributed by atoms with van der Waals surface area (Å²) in [6.45, 7) is 0.187. The largest absolute Gasteiger partial charge is 0.504 e. The Balaban J connectivity index is 2.11. The number of aromatic hydroxyl groups is 1. The third-order valence-electron chi connectivity index (χ3n) is 2.57. The Morgan fingerprint density at radius 2 is 2.05 bits per heavy atom. The average Bonchev–Trinajstić information content (AvgIpc) is 2.42. The molecule has 20 heavy (non-hydrogen) atoms. The maximum atomic E-state index is 12.7. The molecule has 0 saturated carbocycles. The molecule has 5 nitrogen and oxygen atoms in total. The van der Waals surface area contributed by atoms with Gasteiger partial charge in [0.05, 0.1) is 5.69 Å². The van der Waals surface area contributed by atoms with E-state index in [4.69, 9.17) is 5.73 Å². The highest BCUT2D eigenvalue weighted by Gasteiger charge is 2.16. The summed E-state index contributed by atoms with van der Waals surface area (Å²) >= 11 is 3.10. The van der Waals surface area contributed by atoms with E-state index >= 15 is 0 Å². The minimum Gasteiger partial charge on any atom is -0.504 e. The van der Waals surface area contributed by atoms with Crippen LogP contribution >= 0.6 is 15.9 Å². The molecule has 0 radical (unpaired) electrons. The number of aromatic nitrogens is 1. The van der Waals surface area contributed by atoms with Crippen LogP contribution < -0.4 is 11.1 Å². The first-order valence-electron chi connectivity index (χ1n) is 5.65. The molecule has 7 heteroatoms. The van der Waals surface area contributed by atoms with Crippen LogP contribution in [0.25, 0.3) is 0 Å². The number of nitrogen functional groups attached to an aromatic ring is 1. The average molecular weight is 340 g/mol. The van der Waals surface area contributed by atoms with Gasteiger partial charge in [-0.1, -0.05) is 12.1 Å². The molecule has 0 fully saturated rings. The van der Waals surface area contributed by atoms with E-state index in [1.165, 1.54) is 18.2 Å². The Morgan fingerprint density at radius 3 is 2.70 bits per heavy atom. The lowest BCUT2D eigenvalue weighted by Gasteiger charge is -2.08. The number of hydrogen-bond acceptors (Lipinski definition) is 4. The lowest BCUT2D eigenvalue weighted by Crippen LogP contribution is -2.24. The van der Waals surface area contributed by atoms with Crippen molar-refractivity contribution >= 4 is 27.5 Å². The highest BCUT2D eigenvalue weighted by molar-refractivity contribution is 9.10. The van der Waals surface area contributed by atoms with Gasteiger partial charge in [-0.05, 0) is 39.7 Å². The molecule has 0 bridgehead atoms. The molecule has 0 unspecified atom stereocenters. The van der Waals surface area contributed by atoms with Gasteiger partial charge >= 0.3 is 0 Å². The van der Waals surface area contributed by atoms with Crippen LogP contribution in [0.15, 0.2) is 34.9 Å². The zero-order valence-electron chi connectivity index (χ0n) is 10.2. The highest BCUT2D eigenvalue weighted by atomic mass is 79.9. The molecule has 1 aromatic heterocycles. The van der Waals surface area contributed by atoms with Gasteiger partial charge in [0.15, 0.2) is 11.4 Å². The van der Waals surface area contributed by atoms with E-state index in [1.54, 1.807) is 12.1 Å². The van der Waals surface area contributed by atoms with Gasteiger partial charge in [0.25, 0.3) is 5.91 Å².